The molecule has 0 spiro atoms. The average Bonchev–Trinajstić information content (AvgIpc) is 2.74. The van der Waals surface area contributed by atoms with Gasteiger partial charge in [-0.15, -0.1) is 11.6 Å². The number of aryl methyl sites for hydroxylation is 2. The van der Waals surface area contributed by atoms with Crippen LogP contribution in [0.3, 0.4) is 0 Å². The first-order valence-corrected chi connectivity index (χ1v) is 7.88. The molecule has 1 saturated heterocycles. The quantitative estimate of drug-likeness (QED) is 0.805. The molecule has 1 aliphatic rings. The number of piperidine rings is 1. The fraction of sp³-hybridized carbons (Fsp3) is 0.562. The summed E-state index contributed by atoms with van der Waals surface area (Å²) >= 11 is 6.61. The van der Waals surface area contributed by atoms with Gasteiger partial charge < -0.3 is 9.47 Å². The largest absolute Gasteiger partial charge is 0.331 e. The Balaban J connectivity index is 1.78. The van der Waals surface area contributed by atoms with Gasteiger partial charge in [-0.25, -0.2) is 4.98 Å². The Morgan fingerprint density at radius 3 is 2.75 bits per heavy atom. The van der Waals surface area contributed by atoms with Gasteiger partial charge in [-0.3, -0.25) is 0 Å². The Kier molecular flexibility index (Phi) is 3.99. The van der Waals surface area contributed by atoms with Crippen LogP contribution >= 0.6 is 11.6 Å². The lowest BCUT2D eigenvalue weighted by Crippen LogP contribution is -2.32. The number of hydrogen-bond acceptors (Lipinski definition) is 2. The second-order valence-electron chi connectivity index (χ2n) is 5.79. The number of benzene rings is 1. The maximum absolute atomic E-state index is 6.61. The van der Waals surface area contributed by atoms with Crippen molar-refractivity contribution in [3.8, 4) is 0 Å². The Labute approximate surface area is 125 Å². The molecule has 1 fully saturated rings. The second kappa shape index (κ2) is 5.74. The number of nitrogens with zero attached hydrogens (tertiary/aromatic N) is 3. The summed E-state index contributed by atoms with van der Waals surface area (Å²) in [5.74, 6) is 1.04. The number of likely N-dealkylation sites (tertiary alicyclic amines) is 1. The molecule has 0 radical (unpaired) electrons. The summed E-state index contributed by atoms with van der Waals surface area (Å²) in [6.07, 6.45) is 3.98. The third-order valence-electron chi connectivity index (χ3n) is 4.36. The van der Waals surface area contributed by atoms with Crippen LogP contribution in [0, 0.1) is 6.92 Å². The molecule has 0 N–H and O–H groups in total. The standard InChI is InChI=1S/C16H22ClN3/c1-12-18-15-10-13(6-7-16(15)19(12)2)14(17)11-20-8-4-3-5-9-20/h6-7,10,14H,3-5,8-9,11H2,1-2H3. The Bertz CT molecular complexity index is 599. The first-order chi connectivity index (χ1) is 9.65. The van der Waals surface area contributed by atoms with Crippen molar-refractivity contribution in [2.75, 3.05) is 19.6 Å². The number of imidazole rings is 1. The number of alkyl halides is 1. The molecular weight excluding hydrogens is 270 g/mol. The minimum Gasteiger partial charge on any atom is -0.331 e. The van der Waals surface area contributed by atoms with Crippen LogP contribution in [0.1, 0.15) is 36.0 Å². The molecule has 1 atom stereocenters. The summed E-state index contributed by atoms with van der Waals surface area (Å²) < 4.78 is 2.12. The van der Waals surface area contributed by atoms with Crippen LogP contribution in [0.2, 0.25) is 0 Å². The fourth-order valence-corrected chi connectivity index (χ4v) is 3.34. The highest BCUT2D eigenvalue weighted by Gasteiger charge is 2.17. The van der Waals surface area contributed by atoms with Crippen molar-refractivity contribution in [1.29, 1.82) is 0 Å². The van der Waals surface area contributed by atoms with E-state index < -0.39 is 0 Å². The van der Waals surface area contributed by atoms with Gasteiger partial charge in [-0.05, 0) is 50.6 Å². The summed E-state index contributed by atoms with van der Waals surface area (Å²) in [4.78, 5) is 7.07. The maximum Gasteiger partial charge on any atom is 0.106 e. The van der Waals surface area contributed by atoms with E-state index in [-0.39, 0.29) is 5.38 Å². The third-order valence-corrected chi connectivity index (χ3v) is 4.75. The Morgan fingerprint density at radius 2 is 2.00 bits per heavy atom. The SMILES string of the molecule is Cc1nc2cc(C(Cl)CN3CCCCC3)ccc2n1C. The van der Waals surface area contributed by atoms with E-state index in [2.05, 4.69) is 39.7 Å². The molecule has 1 aliphatic heterocycles. The molecule has 3 rings (SSSR count). The monoisotopic (exact) mass is 291 g/mol. The lowest BCUT2D eigenvalue weighted by molar-refractivity contribution is 0.229. The van der Waals surface area contributed by atoms with E-state index in [1.807, 2.05) is 6.92 Å². The molecule has 0 bridgehead atoms. The van der Waals surface area contributed by atoms with Gasteiger partial charge in [0.2, 0.25) is 0 Å². The lowest BCUT2D eigenvalue weighted by Gasteiger charge is -2.28. The van der Waals surface area contributed by atoms with Crippen molar-refractivity contribution in [2.24, 2.45) is 7.05 Å². The van der Waals surface area contributed by atoms with Gasteiger partial charge in [-0.1, -0.05) is 12.5 Å². The van der Waals surface area contributed by atoms with E-state index in [1.54, 1.807) is 0 Å². The summed E-state index contributed by atoms with van der Waals surface area (Å²) in [6.45, 7) is 5.35. The van der Waals surface area contributed by atoms with Gasteiger partial charge in [0, 0.05) is 13.6 Å². The van der Waals surface area contributed by atoms with Gasteiger partial charge >= 0.3 is 0 Å². The molecule has 0 amide bonds. The topological polar surface area (TPSA) is 21.1 Å². The van der Waals surface area contributed by atoms with Crippen molar-refractivity contribution in [1.82, 2.24) is 14.5 Å². The van der Waals surface area contributed by atoms with Crippen molar-refractivity contribution in [3.05, 3.63) is 29.6 Å². The van der Waals surface area contributed by atoms with Crippen LogP contribution in [0.15, 0.2) is 18.2 Å². The predicted molar refractivity (Wildman–Crippen MR) is 84.3 cm³/mol. The Morgan fingerprint density at radius 1 is 1.25 bits per heavy atom. The third kappa shape index (κ3) is 2.70. The van der Waals surface area contributed by atoms with E-state index >= 15 is 0 Å². The van der Waals surface area contributed by atoms with Crippen LogP contribution in [-0.2, 0) is 7.05 Å². The molecule has 2 aromatic rings. The molecule has 20 heavy (non-hydrogen) atoms. The predicted octanol–water partition coefficient (Wildman–Crippen LogP) is 3.65. The van der Waals surface area contributed by atoms with E-state index in [9.17, 15) is 0 Å². The van der Waals surface area contributed by atoms with E-state index in [0.717, 1.165) is 17.9 Å². The normalized spacial score (nSPS) is 18.6. The van der Waals surface area contributed by atoms with Crippen LogP contribution < -0.4 is 0 Å². The van der Waals surface area contributed by atoms with Gasteiger partial charge in [-0.2, -0.15) is 0 Å². The second-order valence-corrected chi connectivity index (χ2v) is 6.32. The molecule has 108 valence electrons. The zero-order chi connectivity index (χ0) is 14.1. The van der Waals surface area contributed by atoms with Crippen LogP contribution in [0.25, 0.3) is 11.0 Å². The summed E-state index contributed by atoms with van der Waals surface area (Å²) in [5.41, 5.74) is 3.41. The smallest absolute Gasteiger partial charge is 0.106 e. The zero-order valence-electron chi connectivity index (χ0n) is 12.3. The van der Waals surface area contributed by atoms with Crippen molar-refractivity contribution in [2.45, 2.75) is 31.6 Å². The van der Waals surface area contributed by atoms with Gasteiger partial charge in [0.15, 0.2) is 0 Å². The first kappa shape index (κ1) is 13.9. The van der Waals surface area contributed by atoms with Gasteiger partial charge in [0.05, 0.1) is 16.4 Å². The minimum absolute atomic E-state index is 0.0554. The molecule has 1 aromatic carbocycles. The molecule has 2 heterocycles. The van der Waals surface area contributed by atoms with Crippen LogP contribution in [0.4, 0.5) is 0 Å². The van der Waals surface area contributed by atoms with Crippen molar-refractivity contribution >= 4 is 22.6 Å². The number of hydrogen-bond donors (Lipinski definition) is 0. The molecule has 1 unspecified atom stereocenters. The fourth-order valence-electron chi connectivity index (χ4n) is 3.01. The number of rotatable bonds is 3. The number of fused-ring (bicyclic) bond motifs is 1. The summed E-state index contributed by atoms with van der Waals surface area (Å²) in [6, 6.07) is 6.42. The van der Waals surface area contributed by atoms with E-state index in [1.165, 1.54) is 43.4 Å². The molecule has 0 saturated carbocycles. The van der Waals surface area contributed by atoms with Crippen LogP contribution in [0.5, 0.6) is 0 Å². The van der Waals surface area contributed by atoms with Crippen molar-refractivity contribution in [3.63, 3.8) is 0 Å². The van der Waals surface area contributed by atoms with E-state index in [0.29, 0.717) is 0 Å². The number of aromatic nitrogens is 2. The average molecular weight is 292 g/mol. The molecule has 4 heteroatoms. The maximum atomic E-state index is 6.61. The highest BCUT2D eigenvalue weighted by atomic mass is 35.5. The molecule has 3 nitrogen and oxygen atoms in total. The highest BCUT2D eigenvalue weighted by molar-refractivity contribution is 6.21. The first-order valence-electron chi connectivity index (χ1n) is 7.44. The van der Waals surface area contributed by atoms with Crippen LogP contribution in [-0.4, -0.2) is 34.1 Å². The number of halogens is 1. The lowest BCUT2D eigenvalue weighted by atomic mass is 10.1. The summed E-state index contributed by atoms with van der Waals surface area (Å²) in [5, 5.41) is 0.0554. The highest BCUT2D eigenvalue weighted by Crippen LogP contribution is 2.26. The summed E-state index contributed by atoms with van der Waals surface area (Å²) in [7, 11) is 2.05. The van der Waals surface area contributed by atoms with Gasteiger partial charge in [0.1, 0.15) is 5.82 Å². The van der Waals surface area contributed by atoms with Gasteiger partial charge in [0.25, 0.3) is 0 Å². The van der Waals surface area contributed by atoms with E-state index in [4.69, 9.17) is 11.6 Å². The Hall–Kier alpha value is -1.06. The molecule has 0 aliphatic carbocycles. The molecule has 1 aromatic heterocycles. The van der Waals surface area contributed by atoms with Crippen molar-refractivity contribution < 1.29 is 0 Å². The molecular formula is C16H22ClN3. The zero-order valence-corrected chi connectivity index (χ0v) is 13.0. The minimum atomic E-state index is 0.0554.